The first kappa shape index (κ1) is 16.8. The molecule has 1 aromatic heterocycles. The van der Waals surface area contributed by atoms with Crippen molar-refractivity contribution in [3.8, 4) is 5.75 Å². The van der Waals surface area contributed by atoms with E-state index in [9.17, 15) is 0 Å². The van der Waals surface area contributed by atoms with Gasteiger partial charge in [-0.05, 0) is 50.6 Å². The van der Waals surface area contributed by atoms with Crippen molar-refractivity contribution in [1.29, 1.82) is 0 Å². The van der Waals surface area contributed by atoms with Gasteiger partial charge in [-0.25, -0.2) is 4.99 Å². The van der Waals surface area contributed by atoms with Crippen molar-refractivity contribution in [2.75, 3.05) is 0 Å². The van der Waals surface area contributed by atoms with Gasteiger partial charge in [0.1, 0.15) is 12.4 Å². The van der Waals surface area contributed by atoms with Gasteiger partial charge in [-0.3, -0.25) is 4.98 Å². The minimum absolute atomic E-state index is 0.0866. The predicted octanol–water partition coefficient (Wildman–Crippen LogP) is 2.86. The Morgan fingerprint density at radius 3 is 2.52 bits per heavy atom. The van der Waals surface area contributed by atoms with Crippen molar-refractivity contribution in [1.82, 2.24) is 10.3 Å². The molecule has 0 saturated carbocycles. The number of hydrogen-bond donors (Lipinski definition) is 2. The molecule has 2 rings (SSSR count). The lowest BCUT2D eigenvalue weighted by molar-refractivity contribution is 0.301. The van der Waals surface area contributed by atoms with Crippen LogP contribution in [0.2, 0.25) is 0 Å². The van der Waals surface area contributed by atoms with Crippen LogP contribution in [0, 0.1) is 0 Å². The first-order valence-corrected chi connectivity index (χ1v) is 7.62. The van der Waals surface area contributed by atoms with Gasteiger partial charge in [-0.2, -0.15) is 0 Å². The quantitative estimate of drug-likeness (QED) is 0.658. The van der Waals surface area contributed by atoms with E-state index in [1.54, 1.807) is 6.20 Å². The number of aromatic nitrogens is 1. The van der Waals surface area contributed by atoms with E-state index < -0.39 is 0 Å². The highest BCUT2D eigenvalue weighted by Gasteiger charge is 2.09. The molecule has 0 aliphatic carbocycles. The molecule has 0 aliphatic heterocycles. The highest BCUT2D eigenvalue weighted by atomic mass is 16.5. The van der Waals surface area contributed by atoms with E-state index in [4.69, 9.17) is 10.5 Å². The molecular formula is C18H24N4O. The van der Waals surface area contributed by atoms with E-state index in [1.165, 1.54) is 0 Å². The van der Waals surface area contributed by atoms with Gasteiger partial charge in [-0.1, -0.05) is 18.2 Å². The molecule has 0 atom stereocenters. The zero-order valence-electron chi connectivity index (χ0n) is 13.9. The molecule has 0 aliphatic rings. The van der Waals surface area contributed by atoms with Crippen molar-refractivity contribution < 1.29 is 4.74 Å². The Kier molecular flexibility index (Phi) is 5.57. The summed E-state index contributed by atoms with van der Waals surface area (Å²) in [5, 5.41) is 3.14. The van der Waals surface area contributed by atoms with Gasteiger partial charge in [0.05, 0.1) is 12.2 Å². The number of aliphatic imine (C=N–C) groups is 1. The van der Waals surface area contributed by atoms with Crippen molar-refractivity contribution >= 4 is 5.96 Å². The Labute approximate surface area is 137 Å². The van der Waals surface area contributed by atoms with Gasteiger partial charge in [0.25, 0.3) is 0 Å². The van der Waals surface area contributed by atoms with Crippen molar-refractivity contribution in [2.24, 2.45) is 10.7 Å². The average Bonchev–Trinajstić information content (AvgIpc) is 2.51. The summed E-state index contributed by atoms with van der Waals surface area (Å²) in [6, 6.07) is 13.6. The van der Waals surface area contributed by atoms with Gasteiger partial charge >= 0.3 is 0 Å². The average molecular weight is 312 g/mol. The third-order valence-corrected chi connectivity index (χ3v) is 2.97. The van der Waals surface area contributed by atoms with Crippen LogP contribution < -0.4 is 15.8 Å². The van der Waals surface area contributed by atoms with E-state index >= 15 is 0 Å². The fraction of sp³-hybridized carbons (Fsp3) is 0.333. The summed E-state index contributed by atoms with van der Waals surface area (Å²) in [5.74, 6) is 1.26. The van der Waals surface area contributed by atoms with Crippen molar-refractivity contribution in [3.63, 3.8) is 0 Å². The fourth-order valence-electron chi connectivity index (χ4n) is 1.93. The summed E-state index contributed by atoms with van der Waals surface area (Å²) in [7, 11) is 0. The molecule has 0 saturated heterocycles. The molecule has 2 aromatic rings. The molecule has 0 unspecified atom stereocenters. The second-order valence-electron chi connectivity index (χ2n) is 6.33. The van der Waals surface area contributed by atoms with Gasteiger partial charge in [-0.15, -0.1) is 0 Å². The minimum atomic E-state index is -0.0866. The minimum Gasteiger partial charge on any atom is -0.487 e. The maximum absolute atomic E-state index is 5.86. The SMILES string of the molecule is CC(C)(C)NC(N)=NCc1ccc(OCc2ccccn2)cc1. The first-order chi connectivity index (χ1) is 10.9. The number of nitrogens with two attached hydrogens (primary N) is 1. The fourth-order valence-corrected chi connectivity index (χ4v) is 1.93. The molecule has 122 valence electrons. The lowest BCUT2D eigenvalue weighted by atomic mass is 10.1. The first-order valence-electron chi connectivity index (χ1n) is 7.62. The molecule has 0 bridgehead atoms. The number of ether oxygens (including phenoxy) is 1. The largest absolute Gasteiger partial charge is 0.487 e. The van der Waals surface area contributed by atoms with Crippen LogP contribution in [0.25, 0.3) is 0 Å². The number of nitrogens with one attached hydrogen (secondary N) is 1. The number of guanidine groups is 1. The van der Waals surface area contributed by atoms with Crippen molar-refractivity contribution in [2.45, 2.75) is 39.5 Å². The smallest absolute Gasteiger partial charge is 0.189 e. The Balaban J connectivity index is 1.86. The zero-order chi connectivity index (χ0) is 16.7. The number of nitrogens with zero attached hydrogens (tertiary/aromatic N) is 2. The summed E-state index contributed by atoms with van der Waals surface area (Å²) >= 11 is 0. The van der Waals surface area contributed by atoms with Crippen LogP contribution in [0.3, 0.4) is 0 Å². The van der Waals surface area contributed by atoms with Gasteiger partial charge < -0.3 is 15.8 Å². The molecule has 1 heterocycles. The monoisotopic (exact) mass is 312 g/mol. The van der Waals surface area contributed by atoms with Crippen LogP contribution in [0.1, 0.15) is 32.0 Å². The van der Waals surface area contributed by atoms with E-state index in [0.29, 0.717) is 19.1 Å². The number of benzene rings is 1. The highest BCUT2D eigenvalue weighted by Crippen LogP contribution is 2.14. The molecule has 5 nitrogen and oxygen atoms in total. The molecule has 0 amide bonds. The van der Waals surface area contributed by atoms with E-state index in [-0.39, 0.29) is 5.54 Å². The lowest BCUT2D eigenvalue weighted by Gasteiger charge is -2.20. The molecule has 3 N–H and O–H groups in total. The van der Waals surface area contributed by atoms with Crippen LogP contribution in [-0.2, 0) is 13.2 Å². The Morgan fingerprint density at radius 1 is 1.17 bits per heavy atom. The molecule has 1 aromatic carbocycles. The molecular weight excluding hydrogens is 288 g/mol. The molecule has 0 spiro atoms. The van der Waals surface area contributed by atoms with Crippen LogP contribution >= 0.6 is 0 Å². The van der Waals surface area contributed by atoms with E-state index in [0.717, 1.165) is 17.0 Å². The molecule has 0 fully saturated rings. The Bertz CT molecular complexity index is 630. The van der Waals surface area contributed by atoms with E-state index in [1.807, 2.05) is 63.2 Å². The lowest BCUT2D eigenvalue weighted by Crippen LogP contribution is -2.44. The second-order valence-corrected chi connectivity index (χ2v) is 6.33. The van der Waals surface area contributed by atoms with Gasteiger partial charge in [0.2, 0.25) is 0 Å². The summed E-state index contributed by atoms with van der Waals surface area (Å²) < 4.78 is 5.70. The topological polar surface area (TPSA) is 72.5 Å². The van der Waals surface area contributed by atoms with Gasteiger partial charge in [0, 0.05) is 11.7 Å². The number of hydrogen-bond acceptors (Lipinski definition) is 3. The molecule has 0 radical (unpaired) electrons. The van der Waals surface area contributed by atoms with Crippen LogP contribution in [0.15, 0.2) is 53.7 Å². The second kappa shape index (κ2) is 7.63. The van der Waals surface area contributed by atoms with E-state index in [2.05, 4.69) is 15.3 Å². The summed E-state index contributed by atoms with van der Waals surface area (Å²) in [5.41, 5.74) is 7.75. The maximum Gasteiger partial charge on any atom is 0.189 e. The third kappa shape index (κ3) is 6.38. The Hall–Kier alpha value is -2.56. The van der Waals surface area contributed by atoms with Crippen LogP contribution in [-0.4, -0.2) is 16.5 Å². The number of pyridine rings is 1. The number of rotatable bonds is 5. The molecule has 5 heteroatoms. The summed E-state index contributed by atoms with van der Waals surface area (Å²) in [6.45, 7) is 7.13. The highest BCUT2D eigenvalue weighted by molar-refractivity contribution is 5.78. The van der Waals surface area contributed by atoms with Crippen LogP contribution in [0.4, 0.5) is 0 Å². The maximum atomic E-state index is 5.86. The standard InChI is InChI=1S/C18H24N4O/c1-18(2,3)22-17(19)21-12-14-7-9-16(10-8-14)23-13-15-6-4-5-11-20-15/h4-11H,12-13H2,1-3H3,(H3,19,21,22). The third-order valence-electron chi connectivity index (χ3n) is 2.97. The van der Waals surface area contributed by atoms with Crippen LogP contribution in [0.5, 0.6) is 5.75 Å². The normalized spacial score (nSPS) is 12.0. The predicted molar refractivity (Wildman–Crippen MR) is 93.2 cm³/mol. The summed E-state index contributed by atoms with van der Waals surface area (Å²) in [6.07, 6.45) is 1.76. The van der Waals surface area contributed by atoms with Crippen molar-refractivity contribution in [3.05, 3.63) is 59.9 Å². The summed E-state index contributed by atoms with van der Waals surface area (Å²) in [4.78, 5) is 8.56. The Morgan fingerprint density at radius 2 is 1.91 bits per heavy atom. The van der Waals surface area contributed by atoms with Gasteiger partial charge in [0.15, 0.2) is 5.96 Å². The molecule has 23 heavy (non-hydrogen) atoms. The zero-order valence-corrected chi connectivity index (χ0v) is 13.9.